The summed E-state index contributed by atoms with van der Waals surface area (Å²) in [6.07, 6.45) is 3.01. The molecule has 0 atom stereocenters. The fraction of sp³-hybridized carbons (Fsp3) is 0.188. The number of methoxy groups -OCH3 is 2. The molecule has 0 aliphatic carbocycles. The lowest BCUT2D eigenvalue weighted by molar-refractivity contribution is 0.102. The van der Waals surface area contributed by atoms with Gasteiger partial charge < -0.3 is 15.2 Å². The first-order valence-corrected chi connectivity index (χ1v) is 8.29. The number of nitrogens with one attached hydrogen (secondary N) is 1. The number of nitrogens with two attached hydrogens (primary N) is 1. The first-order valence-electron chi connectivity index (χ1n) is 7.47. The first kappa shape index (κ1) is 17.5. The van der Waals surface area contributed by atoms with Crippen LogP contribution in [0.5, 0.6) is 10.9 Å². The van der Waals surface area contributed by atoms with Crippen LogP contribution < -0.4 is 20.5 Å². The van der Waals surface area contributed by atoms with Crippen molar-refractivity contribution in [2.75, 3.05) is 25.3 Å². The minimum Gasteiger partial charge on any atom is -0.494 e. The predicted molar refractivity (Wildman–Crippen MR) is 97.6 cm³/mol. The number of hydrogen-bond acceptors (Lipinski definition) is 9. The number of carbonyl (C=O) groups is 1. The van der Waals surface area contributed by atoms with Crippen molar-refractivity contribution in [3.05, 3.63) is 35.8 Å². The summed E-state index contributed by atoms with van der Waals surface area (Å²) in [6.45, 7) is 1.83. The Morgan fingerprint density at radius 1 is 1.12 bits per heavy atom. The van der Waals surface area contributed by atoms with E-state index in [4.69, 9.17) is 15.2 Å². The number of aryl methyl sites for hydroxylation is 1. The summed E-state index contributed by atoms with van der Waals surface area (Å²) in [5.74, 6) is 0.427. The van der Waals surface area contributed by atoms with Gasteiger partial charge in [0.05, 0.1) is 26.0 Å². The molecule has 0 spiro atoms. The minimum atomic E-state index is -0.385. The Kier molecular flexibility index (Phi) is 4.94. The van der Waals surface area contributed by atoms with Gasteiger partial charge in [-0.05, 0) is 30.4 Å². The van der Waals surface area contributed by atoms with E-state index in [1.807, 2.05) is 6.92 Å². The van der Waals surface area contributed by atoms with Crippen molar-refractivity contribution in [2.45, 2.75) is 6.92 Å². The molecule has 0 unspecified atom stereocenters. The van der Waals surface area contributed by atoms with Gasteiger partial charge in [0.2, 0.25) is 5.13 Å². The Hall–Kier alpha value is -3.27. The van der Waals surface area contributed by atoms with E-state index in [9.17, 15) is 4.79 Å². The van der Waals surface area contributed by atoms with E-state index in [0.717, 1.165) is 17.0 Å². The Balaban J connectivity index is 2.03. The van der Waals surface area contributed by atoms with E-state index in [-0.39, 0.29) is 5.91 Å². The van der Waals surface area contributed by atoms with Crippen molar-refractivity contribution in [3.63, 3.8) is 0 Å². The molecule has 3 N–H and O–H groups in total. The molecule has 9 nitrogen and oxygen atoms in total. The van der Waals surface area contributed by atoms with Gasteiger partial charge in [0.25, 0.3) is 11.1 Å². The SMILES string of the molecule is COc1nnc(NC(=O)c2cnc(C)cc2-c2cc(N)ncc2OC)s1. The van der Waals surface area contributed by atoms with Gasteiger partial charge >= 0.3 is 0 Å². The van der Waals surface area contributed by atoms with E-state index in [1.165, 1.54) is 26.6 Å². The molecule has 0 aliphatic rings. The zero-order valence-corrected chi connectivity index (χ0v) is 15.1. The molecule has 0 saturated heterocycles. The van der Waals surface area contributed by atoms with Gasteiger partial charge in [-0.3, -0.25) is 15.1 Å². The standard InChI is InChI=1S/C16H16N6O3S/c1-8-4-9(10-5-13(17)19-7-12(10)24-2)11(6-18-8)14(23)20-15-21-22-16(25-3)26-15/h4-7H,1-3H3,(H2,17,19)(H,20,21,23). The number of amides is 1. The summed E-state index contributed by atoms with van der Waals surface area (Å²) in [4.78, 5) is 21.0. The number of nitrogens with zero attached hydrogens (tertiary/aromatic N) is 4. The first-order chi connectivity index (χ1) is 12.5. The maximum absolute atomic E-state index is 12.8. The van der Waals surface area contributed by atoms with Crippen LogP contribution in [-0.4, -0.2) is 40.3 Å². The van der Waals surface area contributed by atoms with Crippen LogP contribution in [0.3, 0.4) is 0 Å². The summed E-state index contributed by atoms with van der Waals surface area (Å²) in [7, 11) is 3.01. The highest BCUT2D eigenvalue weighted by atomic mass is 32.1. The average Bonchev–Trinajstić information content (AvgIpc) is 3.09. The molecule has 134 valence electrons. The van der Waals surface area contributed by atoms with Crippen LogP contribution in [0.2, 0.25) is 0 Å². The van der Waals surface area contributed by atoms with Crippen molar-refractivity contribution in [1.82, 2.24) is 20.2 Å². The Labute approximate surface area is 153 Å². The quantitative estimate of drug-likeness (QED) is 0.698. The van der Waals surface area contributed by atoms with Crippen LogP contribution in [0.1, 0.15) is 16.1 Å². The summed E-state index contributed by atoms with van der Waals surface area (Å²) in [5.41, 5.74) is 8.16. The number of rotatable bonds is 5. The summed E-state index contributed by atoms with van der Waals surface area (Å²) >= 11 is 1.12. The van der Waals surface area contributed by atoms with Gasteiger partial charge in [-0.1, -0.05) is 5.10 Å². The largest absolute Gasteiger partial charge is 0.494 e. The molecule has 3 aromatic rings. The van der Waals surface area contributed by atoms with Crippen LogP contribution in [0.4, 0.5) is 10.9 Å². The second kappa shape index (κ2) is 7.31. The monoisotopic (exact) mass is 372 g/mol. The number of nitrogen functional groups attached to an aromatic ring is 1. The number of carbonyl (C=O) groups excluding carboxylic acids is 1. The molecule has 0 aliphatic heterocycles. The summed E-state index contributed by atoms with van der Waals surface area (Å²) in [5, 5.41) is 11.0. The van der Waals surface area contributed by atoms with Crippen LogP contribution in [-0.2, 0) is 0 Å². The zero-order valence-electron chi connectivity index (χ0n) is 14.3. The molecule has 0 saturated carbocycles. The summed E-state index contributed by atoms with van der Waals surface area (Å²) < 4.78 is 10.3. The highest BCUT2D eigenvalue weighted by Gasteiger charge is 2.19. The van der Waals surface area contributed by atoms with E-state index >= 15 is 0 Å². The topological polar surface area (TPSA) is 125 Å². The summed E-state index contributed by atoms with van der Waals surface area (Å²) in [6, 6.07) is 3.44. The lowest BCUT2D eigenvalue weighted by Crippen LogP contribution is -2.14. The molecular formula is C16H16N6O3S. The van der Waals surface area contributed by atoms with Gasteiger partial charge in [-0.25, -0.2) is 4.98 Å². The predicted octanol–water partition coefficient (Wildman–Crippen LogP) is 2.16. The lowest BCUT2D eigenvalue weighted by atomic mass is 10.00. The molecule has 3 aromatic heterocycles. The molecular weight excluding hydrogens is 356 g/mol. The normalized spacial score (nSPS) is 10.4. The highest BCUT2D eigenvalue weighted by molar-refractivity contribution is 7.17. The van der Waals surface area contributed by atoms with Gasteiger partial charge in [0.1, 0.15) is 11.6 Å². The number of ether oxygens (including phenoxy) is 2. The Morgan fingerprint density at radius 2 is 1.92 bits per heavy atom. The number of aromatic nitrogens is 4. The molecule has 3 heterocycles. The maximum Gasteiger partial charge on any atom is 0.295 e. The highest BCUT2D eigenvalue weighted by Crippen LogP contribution is 2.34. The average molecular weight is 372 g/mol. The van der Waals surface area contributed by atoms with E-state index in [2.05, 4.69) is 25.5 Å². The number of hydrogen-bond donors (Lipinski definition) is 2. The Bertz CT molecular complexity index is 959. The van der Waals surface area contributed by atoms with Crippen LogP contribution in [0, 0.1) is 6.92 Å². The van der Waals surface area contributed by atoms with Crippen molar-refractivity contribution >= 4 is 28.2 Å². The third kappa shape index (κ3) is 3.54. The molecule has 0 aromatic carbocycles. The second-order valence-electron chi connectivity index (χ2n) is 5.21. The van der Waals surface area contributed by atoms with Crippen molar-refractivity contribution in [3.8, 4) is 22.1 Å². The zero-order chi connectivity index (χ0) is 18.7. The molecule has 0 radical (unpaired) electrons. The minimum absolute atomic E-state index is 0.315. The number of pyridine rings is 2. The van der Waals surface area contributed by atoms with Crippen molar-refractivity contribution in [1.29, 1.82) is 0 Å². The smallest absolute Gasteiger partial charge is 0.295 e. The fourth-order valence-electron chi connectivity index (χ4n) is 2.30. The van der Waals surface area contributed by atoms with Crippen LogP contribution in [0.15, 0.2) is 24.5 Å². The molecule has 0 bridgehead atoms. The number of anilines is 2. The maximum atomic E-state index is 12.8. The van der Waals surface area contributed by atoms with Gasteiger partial charge in [-0.2, -0.15) is 0 Å². The van der Waals surface area contributed by atoms with Gasteiger partial charge in [-0.15, -0.1) is 5.10 Å². The van der Waals surface area contributed by atoms with Crippen LogP contribution in [0.25, 0.3) is 11.1 Å². The Morgan fingerprint density at radius 3 is 2.62 bits per heavy atom. The van der Waals surface area contributed by atoms with Gasteiger partial charge in [0, 0.05) is 23.0 Å². The third-order valence-electron chi connectivity index (χ3n) is 3.49. The lowest BCUT2D eigenvalue weighted by Gasteiger charge is -2.13. The van der Waals surface area contributed by atoms with Gasteiger partial charge in [0.15, 0.2) is 0 Å². The van der Waals surface area contributed by atoms with Crippen molar-refractivity contribution in [2.24, 2.45) is 0 Å². The fourth-order valence-corrected chi connectivity index (χ4v) is 2.86. The molecule has 10 heteroatoms. The van der Waals surface area contributed by atoms with Crippen LogP contribution >= 0.6 is 11.3 Å². The molecule has 26 heavy (non-hydrogen) atoms. The van der Waals surface area contributed by atoms with E-state index in [1.54, 1.807) is 12.1 Å². The molecule has 0 fully saturated rings. The van der Waals surface area contributed by atoms with E-state index < -0.39 is 0 Å². The second-order valence-corrected chi connectivity index (χ2v) is 6.15. The van der Waals surface area contributed by atoms with Crippen molar-refractivity contribution < 1.29 is 14.3 Å². The third-order valence-corrected chi connectivity index (χ3v) is 4.29. The molecule has 3 rings (SSSR count). The van der Waals surface area contributed by atoms with E-state index in [0.29, 0.717) is 38.6 Å². The molecule has 1 amide bonds.